The van der Waals surface area contributed by atoms with Crippen LogP contribution in [0.2, 0.25) is 25.7 Å². The molecule has 37 heavy (non-hydrogen) atoms. The molecular formula is C28H42N4O4Si. The average molecular weight is 527 g/mol. The Morgan fingerprint density at radius 3 is 2.68 bits per heavy atom. The van der Waals surface area contributed by atoms with Crippen molar-refractivity contribution in [3.05, 3.63) is 48.4 Å². The summed E-state index contributed by atoms with van der Waals surface area (Å²) in [6.07, 6.45) is 6.28. The van der Waals surface area contributed by atoms with Gasteiger partial charge in [0.2, 0.25) is 5.91 Å². The molecule has 0 spiro atoms. The summed E-state index contributed by atoms with van der Waals surface area (Å²) in [7, 11) is -1.24. The Morgan fingerprint density at radius 2 is 1.97 bits per heavy atom. The third kappa shape index (κ3) is 9.16. The third-order valence-electron chi connectivity index (χ3n) is 5.86. The van der Waals surface area contributed by atoms with Gasteiger partial charge in [0.05, 0.1) is 17.4 Å². The van der Waals surface area contributed by atoms with Gasteiger partial charge in [0.1, 0.15) is 18.2 Å². The molecule has 1 aliphatic rings. The molecule has 2 aromatic rings. The Balaban J connectivity index is 2.02. The van der Waals surface area contributed by atoms with E-state index in [-0.39, 0.29) is 11.8 Å². The number of amides is 2. The first-order chi connectivity index (χ1) is 17.3. The SMILES string of the molecule is CC1C=CCC(NC(=O)OC(C)(C)C)c2nc(cn2COCC[Si](C)(C)C)-c2ccccc2NC(=O)C1. The normalized spacial score (nSPS) is 18.6. The molecule has 0 fully saturated rings. The van der Waals surface area contributed by atoms with Crippen LogP contribution in [-0.2, 0) is 21.0 Å². The Kier molecular flexibility index (Phi) is 9.36. The maximum Gasteiger partial charge on any atom is 0.408 e. The molecule has 8 nitrogen and oxygen atoms in total. The van der Waals surface area contributed by atoms with Crippen molar-refractivity contribution in [1.82, 2.24) is 14.9 Å². The fourth-order valence-corrected chi connectivity index (χ4v) is 4.74. The van der Waals surface area contributed by atoms with Gasteiger partial charge >= 0.3 is 6.09 Å². The first-order valence-electron chi connectivity index (χ1n) is 13.0. The van der Waals surface area contributed by atoms with Crippen LogP contribution in [0.3, 0.4) is 0 Å². The zero-order chi connectivity index (χ0) is 27.2. The van der Waals surface area contributed by atoms with E-state index >= 15 is 0 Å². The Labute approximate surface area is 221 Å². The van der Waals surface area contributed by atoms with Gasteiger partial charge in [-0.15, -0.1) is 0 Å². The Morgan fingerprint density at radius 1 is 1.24 bits per heavy atom. The van der Waals surface area contributed by atoms with Gasteiger partial charge in [-0.25, -0.2) is 9.78 Å². The summed E-state index contributed by atoms with van der Waals surface area (Å²) in [5.74, 6) is 0.655. The summed E-state index contributed by atoms with van der Waals surface area (Å²) in [4.78, 5) is 30.5. The van der Waals surface area contributed by atoms with E-state index in [1.807, 2.05) is 74.9 Å². The van der Waals surface area contributed by atoms with E-state index in [0.717, 1.165) is 11.6 Å². The van der Waals surface area contributed by atoms with E-state index in [1.54, 1.807) is 0 Å². The Bertz CT molecular complexity index is 1110. The molecule has 1 aromatic carbocycles. The molecular weight excluding hydrogens is 484 g/mol. The monoisotopic (exact) mass is 526 g/mol. The number of nitrogens with zero attached hydrogens (tertiary/aromatic N) is 2. The van der Waals surface area contributed by atoms with Crippen molar-refractivity contribution in [2.75, 3.05) is 11.9 Å². The first-order valence-corrected chi connectivity index (χ1v) is 16.7. The predicted molar refractivity (Wildman–Crippen MR) is 150 cm³/mol. The van der Waals surface area contributed by atoms with E-state index in [4.69, 9.17) is 14.5 Å². The maximum absolute atomic E-state index is 12.8. The lowest BCUT2D eigenvalue weighted by atomic mass is 10.0. The summed E-state index contributed by atoms with van der Waals surface area (Å²) in [6.45, 7) is 15.5. The predicted octanol–water partition coefficient (Wildman–Crippen LogP) is 6.35. The van der Waals surface area contributed by atoms with E-state index in [1.165, 1.54) is 0 Å². The van der Waals surface area contributed by atoms with Crippen molar-refractivity contribution in [3.63, 3.8) is 0 Å². The number of fused-ring (bicyclic) bond motifs is 4. The van der Waals surface area contributed by atoms with Crippen molar-refractivity contribution < 1.29 is 19.1 Å². The number of hydrogen-bond donors (Lipinski definition) is 2. The minimum atomic E-state index is -1.24. The topological polar surface area (TPSA) is 94.5 Å². The van der Waals surface area contributed by atoms with Crippen LogP contribution in [0.15, 0.2) is 42.6 Å². The number of ether oxygens (including phenoxy) is 2. The zero-order valence-electron chi connectivity index (χ0n) is 23.3. The Hall–Kier alpha value is -2.91. The minimum absolute atomic E-state index is 0.0365. The van der Waals surface area contributed by atoms with Crippen LogP contribution < -0.4 is 10.6 Å². The van der Waals surface area contributed by atoms with E-state index in [9.17, 15) is 9.59 Å². The lowest BCUT2D eigenvalue weighted by Gasteiger charge is -2.23. The summed E-state index contributed by atoms with van der Waals surface area (Å²) >= 11 is 0. The van der Waals surface area contributed by atoms with Gasteiger partial charge in [0.25, 0.3) is 0 Å². The lowest BCUT2D eigenvalue weighted by molar-refractivity contribution is -0.116. The van der Waals surface area contributed by atoms with Gasteiger partial charge in [-0.3, -0.25) is 4.79 Å². The number of para-hydroxylation sites is 1. The number of imidazole rings is 1. The number of benzene rings is 1. The number of allylic oxidation sites excluding steroid dienone is 1. The zero-order valence-corrected chi connectivity index (χ0v) is 24.3. The number of nitrogens with one attached hydrogen (secondary N) is 2. The molecule has 2 atom stereocenters. The molecule has 2 heterocycles. The summed E-state index contributed by atoms with van der Waals surface area (Å²) in [6, 6.07) is 8.25. The molecule has 0 saturated carbocycles. The number of aromatic nitrogens is 2. The second-order valence-electron chi connectivity index (χ2n) is 11.9. The molecule has 0 aliphatic carbocycles. The van der Waals surface area contributed by atoms with Crippen LogP contribution >= 0.6 is 0 Å². The number of anilines is 1. The second-order valence-corrected chi connectivity index (χ2v) is 17.6. The fraction of sp³-hybridized carbons (Fsp3) is 0.536. The van der Waals surface area contributed by atoms with Crippen molar-refractivity contribution in [2.24, 2.45) is 5.92 Å². The van der Waals surface area contributed by atoms with Gasteiger partial charge in [-0.05, 0) is 45.2 Å². The quantitative estimate of drug-likeness (QED) is 0.260. The van der Waals surface area contributed by atoms with Gasteiger partial charge in [-0.2, -0.15) is 0 Å². The van der Waals surface area contributed by atoms with Gasteiger partial charge in [0.15, 0.2) is 0 Å². The maximum atomic E-state index is 12.8. The van der Waals surface area contributed by atoms with Crippen LogP contribution in [0, 0.1) is 5.92 Å². The highest BCUT2D eigenvalue weighted by Gasteiger charge is 2.25. The molecule has 3 rings (SSSR count). The van der Waals surface area contributed by atoms with Crippen molar-refractivity contribution in [1.29, 1.82) is 0 Å². The highest BCUT2D eigenvalue weighted by Crippen LogP contribution is 2.30. The molecule has 2 unspecified atom stereocenters. The second kappa shape index (κ2) is 12.1. The molecule has 0 radical (unpaired) electrons. The standard InChI is InChI=1S/C28H42N4O4Si/c1-20-11-10-14-23(31-27(34)36-28(2,3)4)26-30-24(18-32(26)19-35-15-16-37(5,6)7)21-12-8-9-13-22(21)29-25(33)17-20/h8-13,18,20,23H,14-17,19H2,1-7H3,(H,29,33)(H,31,34). The summed E-state index contributed by atoms with van der Waals surface area (Å²) in [5.41, 5.74) is 1.60. The number of carbonyl (C=O) groups is 2. The van der Waals surface area contributed by atoms with E-state index in [2.05, 4.69) is 30.3 Å². The summed E-state index contributed by atoms with van der Waals surface area (Å²) in [5, 5.41) is 6.06. The lowest BCUT2D eigenvalue weighted by Crippen LogP contribution is -2.36. The van der Waals surface area contributed by atoms with Crippen molar-refractivity contribution >= 4 is 25.8 Å². The van der Waals surface area contributed by atoms with Gasteiger partial charge in [-0.1, -0.05) is 56.9 Å². The minimum Gasteiger partial charge on any atom is -0.444 e. The molecule has 9 heteroatoms. The third-order valence-corrected chi connectivity index (χ3v) is 7.56. The van der Waals surface area contributed by atoms with E-state index in [0.29, 0.717) is 43.4 Å². The highest BCUT2D eigenvalue weighted by atomic mass is 28.3. The van der Waals surface area contributed by atoms with E-state index < -0.39 is 25.8 Å². The fourth-order valence-electron chi connectivity index (χ4n) is 3.99. The summed E-state index contributed by atoms with van der Waals surface area (Å²) < 4.78 is 13.6. The molecule has 2 bridgehead atoms. The molecule has 1 aromatic heterocycles. The van der Waals surface area contributed by atoms with Crippen molar-refractivity contribution in [3.8, 4) is 11.3 Å². The largest absolute Gasteiger partial charge is 0.444 e. The first kappa shape index (κ1) is 28.7. The van der Waals surface area contributed by atoms with Gasteiger partial charge < -0.3 is 24.7 Å². The molecule has 2 N–H and O–H groups in total. The molecule has 202 valence electrons. The van der Waals surface area contributed by atoms with Gasteiger partial charge in [0, 0.05) is 32.9 Å². The molecule has 2 amide bonds. The van der Waals surface area contributed by atoms with Crippen LogP contribution in [0.1, 0.15) is 52.4 Å². The van der Waals surface area contributed by atoms with Crippen LogP contribution in [-0.4, -0.2) is 41.8 Å². The number of rotatable bonds is 6. The number of carbonyl (C=O) groups excluding carboxylic acids is 2. The molecule has 0 saturated heterocycles. The van der Waals surface area contributed by atoms with Crippen LogP contribution in [0.4, 0.5) is 10.5 Å². The van der Waals surface area contributed by atoms with Crippen LogP contribution in [0.25, 0.3) is 11.3 Å². The highest BCUT2D eigenvalue weighted by molar-refractivity contribution is 6.76. The number of alkyl carbamates (subject to hydrolysis) is 1. The molecule has 1 aliphatic heterocycles. The van der Waals surface area contributed by atoms with Crippen molar-refractivity contribution in [2.45, 2.75) is 84.6 Å². The average Bonchev–Trinajstić information content (AvgIpc) is 3.18. The smallest absolute Gasteiger partial charge is 0.408 e. The number of hydrogen-bond acceptors (Lipinski definition) is 5. The van der Waals surface area contributed by atoms with Crippen LogP contribution in [0.5, 0.6) is 0 Å².